The number of carbonyl (C=O) groups is 1. The maximum absolute atomic E-state index is 13.4. The maximum Gasteiger partial charge on any atom is 0.244 e. The number of hydrogen-bond donors (Lipinski definition) is 3. The van der Waals surface area contributed by atoms with Gasteiger partial charge < -0.3 is 20.3 Å². The smallest absolute Gasteiger partial charge is 0.244 e. The fourth-order valence-electron chi connectivity index (χ4n) is 4.22. The van der Waals surface area contributed by atoms with Gasteiger partial charge >= 0.3 is 0 Å². The fourth-order valence-corrected chi connectivity index (χ4v) is 4.22. The third-order valence-electron chi connectivity index (χ3n) is 5.46. The third kappa shape index (κ3) is 2.08. The summed E-state index contributed by atoms with van der Waals surface area (Å²) in [6, 6.07) is 17.2. The van der Waals surface area contributed by atoms with Gasteiger partial charge in [0.1, 0.15) is 22.7 Å². The molecule has 5 nitrogen and oxygen atoms in total. The van der Waals surface area contributed by atoms with E-state index in [1.165, 1.54) is 0 Å². The van der Waals surface area contributed by atoms with Crippen LogP contribution in [0.3, 0.4) is 0 Å². The minimum absolute atomic E-state index is 0.139. The number of anilines is 1. The number of hydrogen-bond acceptors (Lipinski definition) is 4. The predicted octanol–water partition coefficient (Wildman–Crippen LogP) is 3.32. The second-order valence-corrected chi connectivity index (χ2v) is 6.86. The predicted molar refractivity (Wildman–Crippen MR) is 100 cm³/mol. The van der Waals surface area contributed by atoms with Gasteiger partial charge in [0.05, 0.1) is 12.3 Å². The van der Waals surface area contributed by atoms with Crippen LogP contribution in [0.1, 0.15) is 22.3 Å². The highest BCUT2D eigenvalue weighted by atomic mass is 16.5. The van der Waals surface area contributed by atoms with E-state index in [0.717, 1.165) is 40.1 Å². The summed E-state index contributed by atoms with van der Waals surface area (Å²) < 4.78 is 5.65. The number of benzene rings is 3. The summed E-state index contributed by atoms with van der Waals surface area (Å²) in [4.78, 5) is 13.4. The summed E-state index contributed by atoms with van der Waals surface area (Å²) in [6.45, 7) is 0.604. The van der Waals surface area contributed by atoms with Crippen LogP contribution in [0.2, 0.25) is 0 Å². The Bertz CT molecular complexity index is 1010. The first kappa shape index (κ1) is 15.8. The first-order valence-electron chi connectivity index (χ1n) is 8.80. The SMILES string of the molecule is O=C1Nc2c(ccc3c2CCO3)C1(c1ccc(O)cc1)c1ccc(O)cc1. The molecule has 1 amide bonds. The van der Waals surface area contributed by atoms with Crippen molar-refractivity contribution in [3.63, 3.8) is 0 Å². The number of amides is 1. The fraction of sp³-hybridized carbons (Fsp3) is 0.136. The Hall–Kier alpha value is -3.47. The number of aromatic hydroxyl groups is 2. The van der Waals surface area contributed by atoms with Crippen molar-refractivity contribution in [3.05, 3.63) is 82.9 Å². The Morgan fingerprint density at radius 2 is 1.44 bits per heavy atom. The molecule has 0 atom stereocenters. The summed E-state index contributed by atoms with van der Waals surface area (Å²) in [5.74, 6) is 0.927. The Labute approximate surface area is 155 Å². The lowest BCUT2D eigenvalue weighted by atomic mass is 9.70. The average molecular weight is 359 g/mol. The molecule has 3 aromatic rings. The average Bonchev–Trinajstić information content (AvgIpc) is 3.25. The van der Waals surface area contributed by atoms with Crippen LogP contribution in [0.15, 0.2) is 60.7 Å². The molecule has 134 valence electrons. The van der Waals surface area contributed by atoms with Gasteiger partial charge in [0.15, 0.2) is 0 Å². The molecule has 0 unspecified atom stereocenters. The molecule has 0 aliphatic carbocycles. The summed E-state index contributed by atoms with van der Waals surface area (Å²) in [5, 5.41) is 22.5. The van der Waals surface area contributed by atoms with E-state index >= 15 is 0 Å². The highest BCUT2D eigenvalue weighted by Gasteiger charge is 2.51. The molecule has 0 aromatic heterocycles. The zero-order chi connectivity index (χ0) is 18.6. The van der Waals surface area contributed by atoms with Gasteiger partial charge in [-0.05, 0) is 41.5 Å². The van der Waals surface area contributed by atoms with Crippen molar-refractivity contribution >= 4 is 11.6 Å². The Morgan fingerprint density at radius 1 is 0.852 bits per heavy atom. The summed E-state index contributed by atoms with van der Waals surface area (Å²) in [5.41, 5.74) is 3.11. The molecule has 0 radical (unpaired) electrons. The molecule has 27 heavy (non-hydrogen) atoms. The Balaban J connectivity index is 1.84. The number of carbonyl (C=O) groups excluding carboxylic acids is 1. The molecule has 2 aliphatic rings. The van der Waals surface area contributed by atoms with E-state index in [4.69, 9.17) is 4.74 Å². The summed E-state index contributed by atoms with van der Waals surface area (Å²) >= 11 is 0. The first-order valence-corrected chi connectivity index (χ1v) is 8.80. The number of nitrogens with one attached hydrogen (secondary N) is 1. The van der Waals surface area contributed by atoms with Gasteiger partial charge in [-0.2, -0.15) is 0 Å². The van der Waals surface area contributed by atoms with Gasteiger partial charge in [-0.15, -0.1) is 0 Å². The first-order chi connectivity index (χ1) is 13.1. The van der Waals surface area contributed by atoms with E-state index in [2.05, 4.69) is 5.32 Å². The Morgan fingerprint density at radius 3 is 2.04 bits per heavy atom. The van der Waals surface area contributed by atoms with Gasteiger partial charge in [0.2, 0.25) is 5.91 Å². The van der Waals surface area contributed by atoms with Crippen molar-refractivity contribution in [2.45, 2.75) is 11.8 Å². The van der Waals surface area contributed by atoms with Gasteiger partial charge in [-0.25, -0.2) is 0 Å². The molecular formula is C22H17NO4. The zero-order valence-electron chi connectivity index (χ0n) is 14.4. The van der Waals surface area contributed by atoms with Crippen molar-refractivity contribution in [1.82, 2.24) is 0 Å². The number of fused-ring (bicyclic) bond motifs is 3. The van der Waals surface area contributed by atoms with Crippen LogP contribution >= 0.6 is 0 Å². The topological polar surface area (TPSA) is 78.8 Å². The highest BCUT2D eigenvalue weighted by molar-refractivity contribution is 6.12. The van der Waals surface area contributed by atoms with Crippen LogP contribution in [0.4, 0.5) is 5.69 Å². The normalized spacial score (nSPS) is 16.4. The van der Waals surface area contributed by atoms with E-state index in [1.807, 2.05) is 12.1 Å². The van der Waals surface area contributed by atoms with E-state index in [9.17, 15) is 15.0 Å². The molecule has 0 fully saturated rings. The van der Waals surface area contributed by atoms with E-state index in [0.29, 0.717) is 6.61 Å². The standard InChI is InChI=1S/C22H17NO4/c24-15-5-1-13(2-6-15)22(14-3-7-16(25)8-4-14)18-9-10-19-17(11-12-27-19)20(18)23-21(22)26/h1-10,24-25H,11-12H2,(H,23,26). The monoisotopic (exact) mass is 359 g/mol. The van der Waals surface area contributed by atoms with Crippen LogP contribution in [-0.4, -0.2) is 22.7 Å². The molecule has 2 aliphatic heterocycles. The minimum Gasteiger partial charge on any atom is -0.508 e. The summed E-state index contributed by atoms with van der Waals surface area (Å²) in [7, 11) is 0. The molecular weight excluding hydrogens is 342 g/mol. The largest absolute Gasteiger partial charge is 0.508 e. The number of phenols is 2. The van der Waals surface area contributed by atoms with Crippen LogP contribution in [0, 0.1) is 0 Å². The third-order valence-corrected chi connectivity index (χ3v) is 5.46. The van der Waals surface area contributed by atoms with Crippen molar-refractivity contribution in [2.24, 2.45) is 0 Å². The van der Waals surface area contributed by atoms with Crippen LogP contribution < -0.4 is 10.1 Å². The minimum atomic E-state index is -1.06. The number of ether oxygens (including phenoxy) is 1. The highest BCUT2D eigenvalue weighted by Crippen LogP contribution is 2.51. The molecule has 5 heteroatoms. The lowest BCUT2D eigenvalue weighted by Crippen LogP contribution is -2.36. The molecule has 2 heterocycles. The van der Waals surface area contributed by atoms with Crippen LogP contribution in [0.5, 0.6) is 17.2 Å². The lowest BCUT2D eigenvalue weighted by molar-refractivity contribution is -0.118. The molecule has 3 N–H and O–H groups in total. The van der Waals surface area contributed by atoms with Crippen molar-refractivity contribution in [1.29, 1.82) is 0 Å². The molecule has 0 bridgehead atoms. The van der Waals surface area contributed by atoms with E-state index in [-0.39, 0.29) is 17.4 Å². The molecule has 5 rings (SSSR count). The van der Waals surface area contributed by atoms with E-state index in [1.54, 1.807) is 48.5 Å². The quantitative estimate of drug-likeness (QED) is 0.656. The molecule has 0 saturated heterocycles. The number of phenolic OH excluding ortho intramolecular Hbond substituents is 2. The summed E-state index contributed by atoms with van der Waals surface area (Å²) in [6.07, 6.45) is 0.750. The Kier molecular flexibility index (Phi) is 3.22. The molecule has 3 aromatic carbocycles. The zero-order valence-corrected chi connectivity index (χ0v) is 14.4. The van der Waals surface area contributed by atoms with Gasteiger partial charge in [-0.3, -0.25) is 4.79 Å². The van der Waals surface area contributed by atoms with Crippen molar-refractivity contribution in [3.8, 4) is 17.2 Å². The second-order valence-electron chi connectivity index (χ2n) is 6.86. The van der Waals surface area contributed by atoms with Gasteiger partial charge in [0.25, 0.3) is 0 Å². The van der Waals surface area contributed by atoms with Crippen molar-refractivity contribution in [2.75, 3.05) is 11.9 Å². The number of rotatable bonds is 2. The van der Waals surface area contributed by atoms with Crippen LogP contribution in [0.25, 0.3) is 0 Å². The van der Waals surface area contributed by atoms with Gasteiger partial charge in [0, 0.05) is 17.5 Å². The lowest BCUT2D eigenvalue weighted by Gasteiger charge is -2.29. The second kappa shape index (κ2) is 5.51. The van der Waals surface area contributed by atoms with E-state index < -0.39 is 5.41 Å². The van der Waals surface area contributed by atoms with Crippen LogP contribution in [-0.2, 0) is 16.6 Å². The van der Waals surface area contributed by atoms with Gasteiger partial charge in [-0.1, -0.05) is 30.3 Å². The molecule has 0 spiro atoms. The van der Waals surface area contributed by atoms with Crippen molar-refractivity contribution < 1.29 is 19.7 Å². The molecule has 0 saturated carbocycles. The maximum atomic E-state index is 13.4.